The van der Waals surface area contributed by atoms with E-state index in [1.165, 1.54) is 6.07 Å². The summed E-state index contributed by atoms with van der Waals surface area (Å²) >= 11 is 0. The first-order valence-corrected chi connectivity index (χ1v) is 6.34. The smallest absolute Gasteiger partial charge is 0.433 e. The van der Waals surface area contributed by atoms with Crippen molar-refractivity contribution < 1.29 is 22.7 Å². The number of phenolic OH excluding ortho intramolecular Hbond substituents is 1. The molecular formula is C13H9F4N5O. The van der Waals surface area contributed by atoms with Crippen LogP contribution in [0.3, 0.4) is 0 Å². The number of rotatable bonds is 3. The van der Waals surface area contributed by atoms with Gasteiger partial charge in [0.2, 0.25) is 0 Å². The molecule has 0 spiro atoms. The molecule has 3 rings (SSSR count). The number of fused-ring (bicyclic) bond motifs is 1. The first-order valence-electron chi connectivity index (χ1n) is 6.34. The minimum absolute atomic E-state index is 0.00769. The van der Waals surface area contributed by atoms with Gasteiger partial charge in [0.25, 0.3) is 5.78 Å². The van der Waals surface area contributed by atoms with Gasteiger partial charge in [-0.05, 0) is 17.7 Å². The lowest BCUT2D eigenvalue weighted by molar-refractivity contribution is -0.141. The van der Waals surface area contributed by atoms with Gasteiger partial charge in [-0.1, -0.05) is 6.07 Å². The molecule has 6 nitrogen and oxygen atoms in total. The van der Waals surface area contributed by atoms with E-state index in [4.69, 9.17) is 5.11 Å². The highest BCUT2D eigenvalue weighted by Crippen LogP contribution is 2.29. The van der Waals surface area contributed by atoms with E-state index < -0.39 is 23.4 Å². The summed E-state index contributed by atoms with van der Waals surface area (Å²) in [5, 5.41) is 15.6. The molecule has 0 aliphatic rings. The van der Waals surface area contributed by atoms with Crippen molar-refractivity contribution in [1.29, 1.82) is 0 Å². The van der Waals surface area contributed by atoms with Gasteiger partial charge in [0.1, 0.15) is 12.1 Å². The second-order valence-corrected chi connectivity index (χ2v) is 4.64. The second kappa shape index (κ2) is 5.38. The largest absolute Gasteiger partial charge is 0.505 e. The topological polar surface area (TPSA) is 75.3 Å². The van der Waals surface area contributed by atoms with Crippen molar-refractivity contribution in [1.82, 2.24) is 19.6 Å². The van der Waals surface area contributed by atoms with Crippen LogP contribution in [0.15, 0.2) is 30.6 Å². The van der Waals surface area contributed by atoms with Gasteiger partial charge < -0.3 is 10.4 Å². The normalized spacial score (nSPS) is 11.8. The lowest BCUT2D eigenvalue weighted by Gasteiger charge is -2.11. The van der Waals surface area contributed by atoms with Gasteiger partial charge in [-0.15, -0.1) is 0 Å². The maximum atomic E-state index is 13.3. The highest BCUT2D eigenvalue weighted by Gasteiger charge is 2.34. The molecule has 0 atom stereocenters. The summed E-state index contributed by atoms with van der Waals surface area (Å²) in [5.74, 6) is -1.52. The fourth-order valence-electron chi connectivity index (χ4n) is 1.94. The molecule has 0 fully saturated rings. The zero-order valence-electron chi connectivity index (χ0n) is 11.3. The molecule has 10 heteroatoms. The van der Waals surface area contributed by atoms with Gasteiger partial charge in [-0.25, -0.2) is 9.37 Å². The fourth-order valence-corrected chi connectivity index (χ4v) is 1.94. The molecule has 3 aromatic rings. The van der Waals surface area contributed by atoms with E-state index in [1.807, 2.05) is 0 Å². The van der Waals surface area contributed by atoms with E-state index in [0.29, 0.717) is 5.56 Å². The van der Waals surface area contributed by atoms with Crippen molar-refractivity contribution in [2.45, 2.75) is 12.7 Å². The number of aromatic nitrogens is 4. The highest BCUT2D eigenvalue weighted by molar-refractivity contribution is 5.46. The third-order valence-electron chi connectivity index (χ3n) is 3.03. The van der Waals surface area contributed by atoms with E-state index in [-0.39, 0.29) is 18.1 Å². The SMILES string of the molecule is Oc1ccc(CNc2cc(C(F)(F)F)nc3ncnn23)cc1F. The Bertz CT molecular complexity index is 861. The lowest BCUT2D eigenvalue weighted by Crippen LogP contribution is -2.13. The van der Waals surface area contributed by atoms with E-state index in [1.54, 1.807) is 0 Å². The molecular weight excluding hydrogens is 318 g/mol. The minimum Gasteiger partial charge on any atom is -0.505 e. The molecule has 0 saturated heterocycles. The number of nitrogens with one attached hydrogen (secondary N) is 1. The maximum Gasteiger partial charge on any atom is 0.433 e. The summed E-state index contributed by atoms with van der Waals surface area (Å²) in [6.07, 6.45) is -3.55. The van der Waals surface area contributed by atoms with Gasteiger partial charge in [-0.2, -0.15) is 27.8 Å². The molecule has 23 heavy (non-hydrogen) atoms. The molecule has 0 aliphatic carbocycles. The van der Waals surface area contributed by atoms with Gasteiger partial charge >= 0.3 is 6.18 Å². The number of aromatic hydroxyl groups is 1. The number of halogens is 4. The van der Waals surface area contributed by atoms with Crippen molar-refractivity contribution >= 4 is 11.6 Å². The minimum atomic E-state index is -4.63. The van der Waals surface area contributed by atoms with Gasteiger partial charge in [0.05, 0.1) is 0 Å². The van der Waals surface area contributed by atoms with Crippen molar-refractivity contribution in [3.63, 3.8) is 0 Å². The number of hydrogen-bond donors (Lipinski definition) is 2. The molecule has 1 aromatic carbocycles. The van der Waals surface area contributed by atoms with Crippen molar-refractivity contribution in [3.8, 4) is 5.75 Å². The maximum absolute atomic E-state index is 13.3. The molecule has 0 bridgehead atoms. The molecule has 2 heterocycles. The molecule has 0 unspecified atom stereocenters. The summed E-state index contributed by atoms with van der Waals surface area (Å²) in [6, 6.07) is 4.46. The van der Waals surface area contributed by atoms with Crippen LogP contribution in [0.4, 0.5) is 23.4 Å². The number of benzene rings is 1. The quantitative estimate of drug-likeness (QED) is 0.723. The van der Waals surface area contributed by atoms with Gasteiger partial charge in [-0.3, -0.25) is 0 Å². The van der Waals surface area contributed by atoms with Gasteiger partial charge in [0.15, 0.2) is 17.3 Å². The molecule has 120 valence electrons. The zero-order valence-corrected chi connectivity index (χ0v) is 11.3. The molecule has 0 radical (unpaired) electrons. The third kappa shape index (κ3) is 3.00. The molecule has 2 aromatic heterocycles. The van der Waals surface area contributed by atoms with Crippen LogP contribution < -0.4 is 5.32 Å². The zero-order chi connectivity index (χ0) is 16.6. The van der Waals surface area contributed by atoms with E-state index >= 15 is 0 Å². The number of hydrogen-bond acceptors (Lipinski definition) is 5. The Labute approximate surface area is 126 Å². The number of nitrogens with zero attached hydrogens (tertiary/aromatic N) is 4. The van der Waals surface area contributed by atoms with Gasteiger partial charge in [0, 0.05) is 12.6 Å². The lowest BCUT2D eigenvalue weighted by atomic mass is 10.2. The molecule has 0 saturated carbocycles. The van der Waals surface area contributed by atoms with Crippen LogP contribution >= 0.6 is 0 Å². The van der Waals surface area contributed by atoms with Crippen LogP contribution in [0.2, 0.25) is 0 Å². The van der Waals surface area contributed by atoms with Crippen LogP contribution in [0.25, 0.3) is 5.78 Å². The van der Waals surface area contributed by atoms with E-state index in [0.717, 1.165) is 29.0 Å². The van der Waals surface area contributed by atoms with Crippen LogP contribution in [0.5, 0.6) is 5.75 Å². The predicted molar refractivity (Wildman–Crippen MR) is 71.2 cm³/mol. The Hall–Kier alpha value is -2.91. The van der Waals surface area contributed by atoms with Crippen molar-refractivity contribution in [2.75, 3.05) is 5.32 Å². The Balaban J connectivity index is 1.92. The van der Waals surface area contributed by atoms with Crippen molar-refractivity contribution in [3.05, 3.63) is 47.7 Å². The van der Waals surface area contributed by atoms with Crippen LogP contribution in [0, 0.1) is 5.82 Å². The van der Waals surface area contributed by atoms with Crippen LogP contribution in [-0.2, 0) is 12.7 Å². The number of alkyl halides is 3. The molecule has 0 aliphatic heterocycles. The predicted octanol–water partition coefficient (Wildman–Crippen LogP) is 2.60. The summed E-state index contributed by atoms with van der Waals surface area (Å²) in [7, 11) is 0. The molecule has 2 N–H and O–H groups in total. The third-order valence-corrected chi connectivity index (χ3v) is 3.03. The Morgan fingerprint density at radius 1 is 1.22 bits per heavy atom. The standard InChI is InChI=1S/C13H9F4N5O/c14-8-3-7(1-2-9(8)23)5-18-11-4-10(13(15,16)17)21-12-19-6-20-22(11)12/h1-4,6,18,23H,5H2. The number of anilines is 1. The summed E-state index contributed by atoms with van der Waals surface area (Å²) < 4.78 is 52.9. The second-order valence-electron chi connectivity index (χ2n) is 4.64. The first-order chi connectivity index (χ1) is 10.8. The molecule has 0 amide bonds. The fraction of sp³-hybridized carbons (Fsp3) is 0.154. The average Bonchev–Trinajstić information content (AvgIpc) is 2.95. The Kier molecular flexibility index (Phi) is 3.51. The number of phenols is 1. The van der Waals surface area contributed by atoms with Crippen LogP contribution in [-0.4, -0.2) is 24.7 Å². The van der Waals surface area contributed by atoms with Crippen molar-refractivity contribution in [2.24, 2.45) is 0 Å². The monoisotopic (exact) mass is 327 g/mol. The Morgan fingerprint density at radius 3 is 2.70 bits per heavy atom. The van der Waals surface area contributed by atoms with E-state index in [9.17, 15) is 17.6 Å². The Morgan fingerprint density at radius 2 is 2.00 bits per heavy atom. The summed E-state index contributed by atoms with van der Waals surface area (Å²) in [4.78, 5) is 7.02. The summed E-state index contributed by atoms with van der Waals surface area (Å²) in [5.41, 5.74) is -0.684. The van der Waals surface area contributed by atoms with E-state index in [2.05, 4.69) is 20.4 Å². The highest BCUT2D eigenvalue weighted by atomic mass is 19.4. The summed E-state index contributed by atoms with van der Waals surface area (Å²) in [6.45, 7) is 0.0213. The van der Waals surface area contributed by atoms with Crippen LogP contribution in [0.1, 0.15) is 11.3 Å². The first kappa shape index (κ1) is 15.0. The average molecular weight is 327 g/mol.